The maximum atomic E-state index is 10.7. The molecule has 1 atom stereocenters. The quantitative estimate of drug-likeness (QED) is 0.821. The second-order valence-electron chi connectivity index (χ2n) is 5.73. The lowest BCUT2D eigenvalue weighted by Crippen LogP contribution is -2.23. The van der Waals surface area contributed by atoms with Gasteiger partial charge in [0.15, 0.2) is 6.61 Å². The molecule has 0 fully saturated rings. The summed E-state index contributed by atoms with van der Waals surface area (Å²) in [5, 5.41) is 16.0. The Bertz CT molecular complexity index is 662. The number of aryl methyl sites for hydroxylation is 2. The Balaban J connectivity index is 2.14. The molecule has 0 aliphatic heterocycles. The van der Waals surface area contributed by atoms with Gasteiger partial charge < -0.3 is 9.84 Å². The average Bonchev–Trinajstić information content (AvgIpc) is 2.84. The minimum absolute atomic E-state index is 0.182. The number of nitrogens with zero attached hydrogens (tertiary/aromatic N) is 2. The second kappa shape index (κ2) is 7.28. The molecule has 1 heterocycles. The van der Waals surface area contributed by atoms with Crippen molar-refractivity contribution in [3.8, 4) is 5.75 Å². The van der Waals surface area contributed by atoms with E-state index in [0.717, 1.165) is 17.0 Å². The number of carboxylic acid groups (broad SMARTS) is 1. The Morgan fingerprint density at radius 3 is 2.70 bits per heavy atom. The molecule has 2 N–H and O–H groups in total. The van der Waals surface area contributed by atoms with Crippen molar-refractivity contribution in [3.05, 3.63) is 46.8 Å². The number of aliphatic carboxylic acids is 1. The zero-order valence-corrected chi connectivity index (χ0v) is 14.0. The summed E-state index contributed by atoms with van der Waals surface area (Å²) >= 11 is 0. The summed E-state index contributed by atoms with van der Waals surface area (Å²) in [5.41, 5.74) is 4.22. The molecule has 0 aliphatic rings. The molecular weight excluding hydrogens is 294 g/mol. The molecule has 0 unspecified atom stereocenters. The third kappa shape index (κ3) is 4.10. The van der Waals surface area contributed by atoms with E-state index in [-0.39, 0.29) is 12.6 Å². The van der Waals surface area contributed by atoms with Gasteiger partial charge in [0.2, 0.25) is 0 Å². The first-order valence-electron chi connectivity index (χ1n) is 7.54. The highest BCUT2D eigenvalue weighted by molar-refractivity contribution is 5.68. The van der Waals surface area contributed by atoms with Crippen molar-refractivity contribution in [3.63, 3.8) is 0 Å². The van der Waals surface area contributed by atoms with Gasteiger partial charge >= 0.3 is 5.97 Å². The molecule has 2 aromatic rings. The van der Waals surface area contributed by atoms with Crippen LogP contribution in [0.2, 0.25) is 0 Å². The molecular formula is C17H23N3O3. The van der Waals surface area contributed by atoms with Crippen LogP contribution in [0, 0.1) is 13.8 Å². The zero-order chi connectivity index (χ0) is 17.0. The van der Waals surface area contributed by atoms with E-state index in [2.05, 4.69) is 22.0 Å². The van der Waals surface area contributed by atoms with Crippen molar-refractivity contribution in [2.75, 3.05) is 13.7 Å². The topological polar surface area (TPSA) is 78.5 Å². The summed E-state index contributed by atoms with van der Waals surface area (Å²) in [7, 11) is 2.03. The van der Waals surface area contributed by atoms with Crippen LogP contribution in [0.25, 0.3) is 0 Å². The van der Waals surface area contributed by atoms with Gasteiger partial charge in [0, 0.05) is 29.4 Å². The fraction of sp³-hybridized carbons (Fsp3) is 0.412. The number of H-pyrrole nitrogens is 1. The number of nitrogens with one attached hydrogen (secondary N) is 1. The van der Waals surface area contributed by atoms with Gasteiger partial charge in [-0.15, -0.1) is 0 Å². The molecule has 6 nitrogen and oxygen atoms in total. The third-order valence-electron chi connectivity index (χ3n) is 4.01. The molecule has 0 amide bonds. The molecule has 124 valence electrons. The molecule has 0 saturated carbocycles. The highest BCUT2D eigenvalue weighted by Gasteiger charge is 2.19. The van der Waals surface area contributed by atoms with E-state index in [1.165, 1.54) is 5.56 Å². The SMILES string of the molecule is Cc1n[nH]c(C)c1[C@@H](C)N(C)Cc1ccccc1OCC(=O)O. The Kier molecular flexibility index (Phi) is 5.39. The maximum absolute atomic E-state index is 10.7. The second-order valence-corrected chi connectivity index (χ2v) is 5.73. The molecule has 23 heavy (non-hydrogen) atoms. The van der Waals surface area contributed by atoms with E-state index in [1.54, 1.807) is 6.07 Å². The van der Waals surface area contributed by atoms with Crippen molar-refractivity contribution >= 4 is 5.97 Å². The Morgan fingerprint density at radius 2 is 2.09 bits per heavy atom. The number of hydrogen-bond acceptors (Lipinski definition) is 4. The van der Waals surface area contributed by atoms with Gasteiger partial charge in [-0.2, -0.15) is 5.10 Å². The average molecular weight is 317 g/mol. The summed E-state index contributed by atoms with van der Waals surface area (Å²) in [5.74, 6) is -0.374. The first kappa shape index (κ1) is 17.0. The van der Waals surface area contributed by atoms with Crippen LogP contribution >= 0.6 is 0 Å². The lowest BCUT2D eigenvalue weighted by molar-refractivity contribution is -0.139. The highest BCUT2D eigenvalue weighted by atomic mass is 16.5. The molecule has 1 aromatic carbocycles. The number of carbonyl (C=O) groups is 1. The summed E-state index contributed by atoms with van der Waals surface area (Å²) in [6.07, 6.45) is 0. The molecule has 0 aliphatic carbocycles. The normalized spacial score (nSPS) is 12.4. The van der Waals surface area contributed by atoms with E-state index in [0.29, 0.717) is 12.3 Å². The largest absolute Gasteiger partial charge is 0.482 e. The van der Waals surface area contributed by atoms with Crippen LogP contribution in [-0.4, -0.2) is 39.8 Å². The smallest absolute Gasteiger partial charge is 0.341 e. The Hall–Kier alpha value is -2.34. The van der Waals surface area contributed by atoms with Gasteiger partial charge in [0.1, 0.15) is 5.75 Å². The molecule has 0 spiro atoms. The van der Waals surface area contributed by atoms with E-state index < -0.39 is 5.97 Å². The van der Waals surface area contributed by atoms with Gasteiger partial charge in [-0.1, -0.05) is 18.2 Å². The summed E-state index contributed by atoms with van der Waals surface area (Å²) in [4.78, 5) is 12.9. The maximum Gasteiger partial charge on any atom is 0.341 e. The highest BCUT2D eigenvalue weighted by Crippen LogP contribution is 2.27. The number of para-hydroxylation sites is 1. The summed E-state index contributed by atoms with van der Waals surface area (Å²) in [6, 6.07) is 7.70. The first-order chi connectivity index (χ1) is 10.9. The van der Waals surface area contributed by atoms with Crippen LogP contribution in [0.1, 0.15) is 35.5 Å². The lowest BCUT2D eigenvalue weighted by Gasteiger charge is -2.26. The molecule has 0 bridgehead atoms. The van der Waals surface area contributed by atoms with Gasteiger partial charge in [0.05, 0.1) is 5.69 Å². The van der Waals surface area contributed by atoms with Gasteiger partial charge in [-0.3, -0.25) is 10.00 Å². The van der Waals surface area contributed by atoms with E-state index in [9.17, 15) is 4.79 Å². The van der Waals surface area contributed by atoms with Crippen LogP contribution in [0.3, 0.4) is 0 Å². The number of carboxylic acids is 1. The third-order valence-corrected chi connectivity index (χ3v) is 4.01. The monoisotopic (exact) mass is 317 g/mol. The molecule has 2 rings (SSSR count). The van der Waals surface area contributed by atoms with Gasteiger partial charge in [-0.05, 0) is 33.9 Å². The van der Waals surface area contributed by atoms with Crippen molar-refractivity contribution in [2.45, 2.75) is 33.4 Å². The molecule has 0 saturated heterocycles. The predicted molar refractivity (Wildman–Crippen MR) is 87.5 cm³/mol. The van der Waals surface area contributed by atoms with Crippen molar-refractivity contribution in [2.24, 2.45) is 0 Å². The minimum Gasteiger partial charge on any atom is -0.482 e. The number of aromatic nitrogens is 2. The zero-order valence-electron chi connectivity index (χ0n) is 14.0. The lowest BCUT2D eigenvalue weighted by atomic mass is 10.0. The van der Waals surface area contributed by atoms with Crippen molar-refractivity contribution in [1.82, 2.24) is 15.1 Å². The van der Waals surface area contributed by atoms with Crippen LogP contribution < -0.4 is 4.74 Å². The number of benzene rings is 1. The molecule has 6 heteroatoms. The molecule has 0 radical (unpaired) electrons. The van der Waals surface area contributed by atoms with Crippen LogP contribution in [0.15, 0.2) is 24.3 Å². The fourth-order valence-corrected chi connectivity index (χ4v) is 2.72. The number of hydrogen-bond donors (Lipinski definition) is 2. The number of rotatable bonds is 7. The minimum atomic E-state index is -0.980. The summed E-state index contributed by atoms with van der Waals surface area (Å²) < 4.78 is 5.37. The van der Waals surface area contributed by atoms with Crippen LogP contribution in [-0.2, 0) is 11.3 Å². The summed E-state index contributed by atoms with van der Waals surface area (Å²) in [6.45, 7) is 6.46. The standard InChI is InChI=1S/C17H23N3O3/c1-11-17(12(2)19-18-11)13(3)20(4)9-14-7-5-6-8-15(14)23-10-16(21)22/h5-8,13H,9-10H2,1-4H3,(H,18,19)(H,21,22)/t13-/m1/s1. The Labute approximate surface area is 136 Å². The van der Waals surface area contributed by atoms with Gasteiger partial charge in [0.25, 0.3) is 0 Å². The first-order valence-corrected chi connectivity index (χ1v) is 7.54. The fourth-order valence-electron chi connectivity index (χ4n) is 2.72. The van der Waals surface area contributed by atoms with Crippen molar-refractivity contribution < 1.29 is 14.6 Å². The van der Waals surface area contributed by atoms with Crippen molar-refractivity contribution in [1.29, 1.82) is 0 Å². The number of aromatic amines is 1. The molecule has 1 aromatic heterocycles. The Morgan fingerprint density at radius 1 is 1.39 bits per heavy atom. The number of ether oxygens (including phenoxy) is 1. The van der Waals surface area contributed by atoms with E-state index in [1.807, 2.05) is 39.1 Å². The van der Waals surface area contributed by atoms with E-state index in [4.69, 9.17) is 9.84 Å². The van der Waals surface area contributed by atoms with Crippen LogP contribution in [0.5, 0.6) is 5.75 Å². The van der Waals surface area contributed by atoms with Crippen LogP contribution in [0.4, 0.5) is 0 Å². The van der Waals surface area contributed by atoms with E-state index >= 15 is 0 Å². The predicted octanol–water partition coefficient (Wildman–Crippen LogP) is 2.68. The van der Waals surface area contributed by atoms with Gasteiger partial charge in [-0.25, -0.2) is 4.79 Å².